The highest BCUT2D eigenvalue weighted by Gasteiger charge is 2.29. The molecular formula is C13H15BrClNO2. The van der Waals surface area contributed by atoms with Crippen molar-refractivity contribution in [1.29, 1.82) is 0 Å². The molecule has 0 spiro atoms. The van der Waals surface area contributed by atoms with Gasteiger partial charge in [0.1, 0.15) is 5.75 Å². The van der Waals surface area contributed by atoms with E-state index in [-0.39, 0.29) is 11.7 Å². The van der Waals surface area contributed by atoms with Crippen LogP contribution in [0.2, 0.25) is 5.02 Å². The largest absolute Gasteiger partial charge is 0.507 e. The van der Waals surface area contributed by atoms with Crippen LogP contribution in [0.25, 0.3) is 0 Å². The normalized spacial score (nSPS) is 15.2. The number of aromatic hydroxyl groups is 1. The summed E-state index contributed by atoms with van der Waals surface area (Å²) in [5.74, 6) is -0.167. The van der Waals surface area contributed by atoms with E-state index in [1.165, 1.54) is 12.5 Å². The first-order valence-electron chi connectivity index (χ1n) is 5.99. The van der Waals surface area contributed by atoms with Crippen LogP contribution in [-0.4, -0.2) is 33.8 Å². The molecule has 0 bridgehead atoms. The van der Waals surface area contributed by atoms with Crippen molar-refractivity contribution in [1.82, 2.24) is 4.90 Å². The molecule has 2 rings (SSSR count). The highest BCUT2D eigenvalue weighted by molar-refractivity contribution is 9.09. The molecule has 1 aliphatic carbocycles. The summed E-state index contributed by atoms with van der Waals surface area (Å²) in [7, 11) is 0. The third-order valence-corrected chi connectivity index (χ3v) is 3.88. The zero-order valence-corrected chi connectivity index (χ0v) is 12.2. The summed E-state index contributed by atoms with van der Waals surface area (Å²) in [5.41, 5.74) is 0.326. The van der Waals surface area contributed by atoms with E-state index >= 15 is 0 Å². The van der Waals surface area contributed by atoms with Crippen molar-refractivity contribution in [3.63, 3.8) is 0 Å². The molecule has 1 aromatic carbocycles. The van der Waals surface area contributed by atoms with Gasteiger partial charge in [-0.3, -0.25) is 4.79 Å². The molecule has 1 aliphatic rings. The van der Waals surface area contributed by atoms with Gasteiger partial charge in [-0.25, -0.2) is 0 Å². The molecule has 1 amide bonds. The van der Waals surface area contributed by atoms with Crippen molar-refractivity contribution in [2.75, 3.05) is 11.9 Å². The lowest BCUT2D eigenvalue weighted by Crippen LogP contribution is -2.45. The standard InChI is InChI=1S/C13H15BrClNO2/c14-6-7-16(10-2-1-3-10)13(18)11-5-4-9(15)8-12(11)17/h4-5,8,10,17H,1-3,6-7H2. The van der Waals surface area contributed by atoms with E-state index < -0.39 is 0 Å². The van der Waals surface area contributed by atoms with Crippen LogP contribution < -0.4 is 0 Å². The van der Waals surface area contributed by atoms with Gasteiger partial charge in [-0.2, -0.15) is 0 Å². The van der Waals surface area contributed by atoms with Crippen molar-refractivity contribution in [3.8, 4) is 5.75 Å². The fourth-order valence-electron chi connectivity index (χ4n) is 2.08. The van der Waals surface area contributed by atoms with Gasteiger partial charge in [-0.05, 0) is 37.5 Å². The van der Waals surface area contributed by atoms with Crippen LogP contribution >= 0.6 is 27.5 Å². The number of carbonyl (C=O) groups is 1. The highest BCUT2D eigenvalue weighted by Crippen LogP contribution is 2.29. The molecule has 0 heterocycles. The summed E-state index contributed by atoms with van der Waals surface area (Å²) < 4.78 is 0. The number of carbonyl (C=O) groups excluding carboxylic acids is 1. The fraction of sp³-hybridized carbons (Fsp3) is 0.462. The number of amides is 1. The first kappa shape index (κ1) is 13.7. The van der Waals surface area contributed by atoms with Gasteiger partial charge in [0, 0.05) is 22.9 Å². The third kappa shape index (κ3) is 2.81. The maximum absolute atomic E-state index is 12.4. The molecule has 18 heavy (non-hydrogen) atoms. The zero-order chi connectivity index (χ0) is 13.1. The predicted octanol–water partition coefficient (Wildman–Crippen LogP) is 3.44. The molecule has 0 saturated heterocycles. The van der Waals surface area contributed by atoms with Gasteiger partial charge in [-0.1, -0.05) is 27.5 Å². The Morgan fingerprint density at radius 1 is 1.50 bits per heavy atom. The van der Waals surface area contributed by atoms with Crippen LogP contribution in [0.4, 0.5) is 0 Å². The Labute approximate surface area is 120 Å². The van der Waals surface area contributed by atoms with Crippen LogP contribution in [0.3, 0.4) is 0 Å². The Bertz CT molecular complexity index is 449. The van der Waals surface area contributed by atoms with Crippen LogP contribution in [0.15, 0.2) is 18.2 Å². The molecule has 3 nitrogen and oxygen atoms in total. The number of rotatable bonds is 4. The summed E-state index contributed by atoms with van der Waals surface area (Å²) in [6.07, 6.45) is 3.27. The van der Waals surface area contributed by atoms with Crippen molar-refractivity contribution < 1.29 is 9.90 Å². The van der Waals surface area contributed by atoms with Crippen molar-refractivity contribution in [3.05, 3.63) is 28.8 Å². The van der Waals surface area contributed by atoms with Gasteiger partial charge >= 0.3 is 0 Å². The number of phenolic OH excluding ortho intramolecular Hbond substituents is 1. The first-order chi connectivity index (χ1) is 8.63. The molecule has 1 saturated carbocycles. The Balaban J connectivity index is 2.21. The number of hydrogen-bond acceptors (Lipinski definition) is 2. The maximum atomic E-state index is 12.4. The van der Waals surface area contributed by atoms with E-state index in [0.29, 0.717) is 23.2 Å². The molecule has 1 fully saturated rings. The number of nitrogens with zero attached hydrogens (tertiary/aromatic N) is 1. The summed E-state index contributed by atoms with van der Waals surface area (Å²) in [6, 6.07) is 4.92. The van der Waals surface area contributed by atoms with Crippen LogP contribution in [-0.2, 0) is 0 Å². The van der Waals surface area contributed by atoms with E-state index in [1.54, 1.807) is 12.1 Å². The summed E-state index contributed by atoms with van der Waals surface area (Å²) in [6.45, 7) is 0.658. The van der Waals surface area contributed by atoms with Gasteiger partial charge in [0.15, 0.2) is 0 Å². The SMILES string of the molecule is O=C(c1ccc(Cl)cc1O)N(CCBr)C1CCC1. The predicted molar refractivity (Wildman–Crippen MR) is 75.6 cm³/mol. The molecule has 1 N–H and O–H groups in total. The average Bonchev–Trinajstić information content (AvgIpc) is 2.25. The van der Waals surface area contributed by atoms with Crippen molar-refractivity contribution in [2.24, 2.45) is 0 Å². The molecular weight excluding hydrogens is 318 g/mol. The number of phenols is 1. The van der Waals surface area contributed by atoms with Crippen molar-refractivity contribution >= 4 is 33.4 Å². The molecule has 5 heteroatoms. The lowest BCUT2D eigenvalue weighted by molar-refractivity contribution is 0.0596. The van der Waals surface area contributed by atoms with Crippen LogP contribution in [0, 0.1) is 0 Å². The highest BCUT2D eigenvalue weighted by atomic mass is 79.9. The van der Waals surface area contributed by atoms with E-state index in [2.05, 4.69) is 15.9 Å². The first-order valence-corrected chi connectivity index (χ1v) is 7.49. The molecule has 98 valence electrons. The minimum atomic E-state index is -0.117. The average molecular weight is 333 g/mol. The number of benzene rings is 1. The number of hydrogen-bond donors (Lipinski definition) is 1. The molecule has 0 unspecified atom stereocenters. The Kier molecular flexibility index (Phi) is 4.51. The summed E-state index contributed by atoms with van der Waals surface area (Å²) >= 11 is 9.14. The van der Waals surface area contributed by atoms with E-state index in [0.717, 1.165) is 18.2 Å². The Morgan fingerprint density at radius 2 is 2.22 bits per heavy atom. The smallest absolute Gasteiger partial charge is 0.257 e. The Hall–Kier alpha value is -0.740. The summed E-state index contributed by atoms with van der Waals surface area (Å²) in [4.78, 5) is 14.2. The monoisotopic (exact) mass is 331 g/mol. The van der Waals surface area contributed by atoms with Gasteiger partial charge in [0.2, 0.25) is 0 Å². The number of alkyl halides is 1. The second-order valence-corrected chi connectivity index (χ2v) is 5.66. The van der Waals surface area contributed by atoms with Gasteiger partial charge in [0.25, 0.3) is 5.91 Å². The topological polar surface area (TPSA) is 40.5 Å². The van der Waals surface area contributed by atoms with E-state index in [1.807, 2.05) is 4.90 Å². The minimum absolute atomic E-state index is 0.0496. The molecule has 1 aromatic rings. The second-order valence-electron chi connectivity index (χ2n) is 4.43. The second kappa shape index (κ2) is 5.93. The quantitative estimate of drug-likeness (QED) is 0.858. The van der Waals surface area contributed by atoms with Gasteiger partial charge in [-0.15, -0.1) is 0 Å². The molecule has 0 aromatic heterocycles. The van der Waals surface area contributed by atoms with Gasteiger partial charge < -0.3 is 10.0 Å². The van der Waals surface area contributed by atoms with E-state index in [9.17, 15) is 9.90 Å². The third-order valence-electron chi connectivity index (χ3n) is 3.29. The maximum Gasteiger partial charge on any atom is 0.257 e. The minimum Gasteiger partial charge on any atom is -0.507 e. The van der Waals surface area contributed by atoms with Crippen molar-refractivity contribution in [2.45, 2.75) is 25.3 Å². The lowest BCUT2D eigenvalue weighted by Gasteiger charge is -2.37. The summed E-state index contributed by atoms with van der Waals surface area (Å²) in [5, 5.41) is 11.0. The zero-order valence-electron chi connectivity index (χ0n) is 9.90. The fourth-order valence-corrected chi connectivity index (χ4v) is 2.63. The van der Waals surface area contributed by atoms with Crippen LogP contribution in [0.5, 0.6) is 5.75 Å². The molecule has 0 aliphatic heterocycles. The molecule has 0 radical (unpaired) electrons. The lowest BCUT2D eigenvalue weighted by atomic mass is 9.91. The molecule has 0 atom stereocenters. The Morgan fingerprint density at radius 3 is 2.72 bits per heavy atom. The van der Waals surface area contributed by atoms with Crippen LogP contribution in [0.1, 0.15) is 29.6 Å². The van der Waals surface area contributed by atoms with Gasteiger partial charge in [0.05, 0.1) is 5.56 Å². The number of halogens is 2. The van der Waals surface area contributed by atoms with E-state index in [4.69, 9.17) is 11.6 Å².